The second-order valence-electron chi connectivity index (χ2n) is 3.24. The van der Waals surface area contributed by atoms with E-state index in [1.807, 2.05) is 24.5 Å². The molecule has 0 amide bonds. The molecule has 0 unspecified atom stereocenters. The molecule has 5 heteroatoms. The summed E-state index contributed by atoms with van der Waals surface area (Å²) in [5, 5.41) is 5.92. The smallest absolute Gasteiger partial charge is 0.160 e. The predicted octanol–water partition coefficient (Wildman–Crippen LogP) is 4.87. The van der Waals surface area contributed by atoms with Gasteiger partial charge in [0.2, 0.25) is 0 Å². The van der Waals surface area contributed by atoms with Gasteiger partial charge in [0, 0.05) is 21.7 Å². The van der Waals surface area contributed by atoms with Crippen molar-refractivity contribution >= 4 is 47.1 Å². The number of thioether (sulfide) groups is 1. The number of benzene rings is 1. The van der Waals surface area contributed by atoms with E-state index < -0.39 is 0 Å². The molecule has 0 fully saturated rings. The molecular weight excluding hydrogens is 277 g/mol. The number of hydrogen-bond acceptors (Lipinski definition) is 3. The van der Waals surface area contributed by atoms with Crippen molar-refractivity contribution in [1.82, 2.24) is 5.16 Å². The van der Waals surface area contributed by atoms with Crippen molar-refractivity contribution in [3.8, 4) is 0 Å². The second kappa shape index (κ2) is 5.63. The van der Waals surface area contributed by atoms with Gasteiger partial charge in [-0.15, -0.1) is 11.8 Å². The topological polar surface area (TPSA) is 26.0 Å². The number of halogens is 2. The van der Waals surface area contributed by atoms with Gasteiger partial charge in [-0.3, -0.25) is 0 Å². The lowest BCUT2D eigenvalue weighted by atomic mass is 10.2. The second-order valence-corrected chi connectivity index (χ2v) is 4.88. The zero-order valence-electron chi connectivity index (χ0n) is 8.98. The number of nitrogens with zero attached hydrogens (tertiary/aromatic N) is 1. The zero-order valence-corrected chi connectivity index (χ0v) is 11.3. The highest BCUT2D eigenvalue weighted by Crippen LogP contribution is 2.26. The Balaban J connectivity index is 2.25. The van der Waals surface area contributed by atoms with E-state index in [-0.39, 0.29) is 0 Å². The predicted molar refractivity (Wildman–Crippen MR) is 73.7 cm³/mol. The van der Waals surface area contributed by atoms with E-state index in [4.69, 9.17) is 27.7 Å². The summed E-state index contributed by atoms with van der Waals surface area (Å²) in [5.41, 5.74) is 0.776. The average molecular weight is 286 g/mol. The molecular formula is C12H9Cl2NOS. The van der Waals surface area contributed by atoms with Crippen LogP contribution in [0.4, 0.5) is 0 Å². The van der Waals surface area contributed by atoms with Crippen LogP contribution in [0.3, 0.4) is 0 Å². The number of rotatable bonds is 3. The van der Waals surface area contributed by atoms with E-state index in [0.29, 0.717) is 15.8 Å². The minimum Gasteiger partial charge on any atom is -0.356 e. The maximum absolute atomic E-state index is 6.04. The third-order valence-electron chi connectivity index (χ3n) is 2.13. The Labute approximate surface area is 114 Å². The van der Waals surface area contributed by atoms with E-state index >= 15 is 0 Å². The number of hydrogen-bond donors (Lipinski definition) is 0. The molecule has 0 saturated heterocycles. The van der Waals surface area contributed by atoms with Gasteiger partial charge in [-0.05, 0) is 30.5 Å². The van der Waals surface area contributed by atoms with E-state index in [1.54, 1.807) is 18.2 Å². The van der Waals surface area contributed by atoms with E-state index in [9.17, 15) is 0 Å². The molecule has 0 aliphatic rings. The Morgan fingerprint density at radius 1 is 1.24 bits per heavy atom. The van der Waals surface area contributed by atoms with Crippen LogP contribution in [0.1, 0.15) is 11.3 Å². The maximum atomic E-state index is 6.04. The zero-order chi connectivity index (χ0) is 12.3. The third-order valence-corrected chi connectivity index (χ3v) is 3.40. The quantitative estimate of drug-likeness (QED) is 0.752. The Kier molecular flexibility index (Phi) is 4.15. The molecule has 0 aliphatic carbocycles. The summed E-state index contributed by atoms with van der Waals surface area (Å²) < 4.78 is 5.11. The minimum atomic E-state index is 0.610. The highest BCUT2D eigenvalue weighted by Gasteiger charge is 2.03. The van der Waals surface area contributed by atoms with E-state index in [2.05, 4.69) is 5.16 Å². The van der Waals surface area contributed by atoms with Crippen LogP contribution in [-0.4, -0.2) is 11.4 Å². The largest absolute Gasteiger partial charge is 0.356 e. The molecule has 2 rings (SSSR count). The van der Waals surface area contributed by atoms with Gasteiger partial charge in [0.25, 0.3) is 0 Å². The van der Waals surface area contributed by atoms with Crippen molar-refractivity contribution in [3.63, 3.8) is 0 Å². The molecule has 0 spiro atoms. The Hall–Kier alpha value is -0.900. The van der Waals surface area contributed by atoms with Crippen LogP contribution in [0, 0.1) is 0 Å². The third kappa shape index (κ3) is 3.06. The molecule has 1 heterocycles. The highest BCUT2D eigenvalue weighted by molar-refractivity contribution is 7.98. The fraction of sp³-hybridized carbons (Fsp3) is 0.0833. The van der Waals surface area contributed by atoms with Crippen LogP contribution >= 0.6 is 35.0 Å². The van der Waals surface area contributed by atoms with Crippen molar-refractivity contribution < 1.29 is 4.52 Å². The van der Waals surface area contributed by atoms with E-state index in [0.717, 1.165) is 10.6 Å². The maximum Gasteiger partial charge on any atom is 0.160 e. The summed E-state index contributed by atoms with van der Waals surface area (Å²) in [6.07, 6.45) is 5.55. The summed E-state index contributed by atoms with van der Waals surface area (Å²) in [7, 11) is 0. The molecule has 0 saturated carbocycles. The summed E-state index contributed by atoms with van der Waals surface area (Å²) in [6.45, 7) is 0. The van der Waals surface area contributed by atoms with Crippen LogP contribution in [0.25, 0.3) is 12.2 Å². The molecule has 1 aromatic carbocycles. The lowest BCUT2D eigenvalue weighted by Gasteiger charge is -1.99. The Morgan fingerprint density at radius 3 is 2.53 bits per heavy atom. The SMILES string of the molecule is CSc1cc(/C=C/c2c(Cl)cccc2Cl)on1. The van der Waals surface area contributed by atoms with Gasteiger partial charge in [0.15, 0.2) is 5.76 Å². The monoisotopic (exact) mass is 285 g/mol. The first-order valence-corrected chi connectivity index (χ1v) is 6.81. The average Bonchev–Trinajstić information content (AvgIpc) is 2.76. The first-order chi connectivity index (χ1) is 8.20. The van der Waals surface area contributed by atoms with E-state index in [1.165, 1.54) is 11.8 Å². The lowest BCUT2D eigenvalue weighted by Crippen LogP contribution is -1.76. The first-order valence-electron chi connectivity index (χ1n) is 4.83. The molecule has 1 aromatic heterocycles. The summed E-state index contributed by atoms with van der Waals surface area (Å²) >= 11 is 13.6. The van der Waals surface area contributed by atoms with Crippen LogP contribution in [-0.2, 0) is 0 Å². The van der Waals surface area contributed by atoms with Crippen molar-refractivity contribution in [2.45, 2.75) is 5.03 Å². The first kappa shape index (κ1) is 12.6. The van der Waals surface area contributed by atoms with Crippen molar-refractivity contribution in [1.29, 1.82) is 0 Å². The molecule has 17 heavy (non-hydrogen) atoms. The molecule has 0 N–H and O–H groups in total. The molecule has 88 valence electrons. The van der Waals surface area contributed by atoms with Gasteiger partial charge in [-0.2, -0.15) is 0 Å². The van der Waals surface area contributed by atoms with Crippen molar-refractivity contribution in [3.05, 3.63) is 45.6 Å². The number of aromatic nitrogens is 1. The Bertz CT molecular complexity index is 531. The van der Waals surface area contributed by atoms with Gasteiger partial charge in [0.1, 0.15) is 5.03 Å². The lowest BCUT2D eigenvalue weighted by molar-refractivity contribution is 0.398. The fourth-order valence-corrected chi connectivity index (χ4v) is 2.15. The van der Waals surface area contributed by atoms with Crippen LogP contribution in [0.2, 0.25) is 10.0 Å². The normalized spacial score (nSPS) is 11.2. The van der Waals surface area contributed by atoms with Crippen molar-refractivity contribution in [2.75, 3.05) is 6.26 Å². The molecule has 0 bridgehead atoms. The van der Waals surface area contributed by atoms with Crippen molar-refractivity contribution in [2.24, 2.45) is 0 Å². The van der Waals surface area contributed by atoms with Gasteiger partial charge in [0.05, 0.1) is 0 Å². The summed E-state index contributed by atoms with van der Waals surface area (Å²) in [4.78, 5) is 0. The Morgan fingerprint density at radius 2 is 1.94 bits per heavy atom. The molecule has 0 atom stereocenters. The minimum absolute atomic E-state index is 0.610. The fourth-order valence-electron chi connectivity index (χ4n) is 1.28. The van der Waals surface area contributed by atoms with Crippen LogP contribution in [0.5, 0.6) is 0 Å². The summed E-state index contributed by atoms with van der Waals surface area (Å²) in [6, 6.07) is 7.25. The molecule has 2 nitrogen and oxygen atoms in total. The molecule has 0 radical (unpaired) electrons. The summed E-state index contributed by atoms with van der Waals surface area (Å²) in [5.74, 6) is 0.672. The standard InChI is InChI=1S/C12H9Cl2NOS/c1-17-12-7-8(16-15-12)5-6-9-10(13)3-2-4-11(9)14/h2-7H,1H3/b6-5+. The van der Waals surface area contributed by atoms with Gasteiger partial charge >= 0.3 is 0 Å². The van der Waals surface area contributed by atoms with Gasteiger partial charge in [-0.1, -0.05) is 34.4 Å². The molecule has 2 aromatic rings. The van der Waals surface area contributed by atoms with Gasteiger partial charge in [-0.25, -0.2) is 0 Å². The van der Waals surface area contributed by atoms with Crippen LogP contribution < -0.4 is 0 Å². The van der Waals surface area contributed by atoms with Gasteiger partial charge < -0.3 is 4.52 Å². The van der Waals surface area contributed by atoms with Crippen LogP contribution in [0.15, 0.2) is 33.8 Å². The molecule has 0 aliphatic heterocycles. The highest BCUT2D eigenvalue weighted by atomic mass is 35.5.